The number of hydrogen-bond acceptors (Lipinski definition) is 4. The molecular formula is C11H16N2O3. The molecule has 5 nitrogen and oxygen atoms in total. The lowest BCUT2D eigenvalue weighted by molar-refractivity contribution is -0.138. The summed E-state index contributed by atoms with van der Waals surface area (Å²) in [6.07, 6.45) is 2.97. The van der Waals surface area contributed by atoms with Crippen LogP contribution in [0.15, 0.2) is 16.7 Å². The SMILES string of the molecule is CCCCN1c2ccoc2N(C)C1C(=O)O. The quantitative estimate of drug-likeness (QED) is 0.844. The van der Waals surface area contributed by atoms with Crippen LogP contribution in [0.1, 0.15) is 19.8 Å². The number of nitrogens with zero attached hydrogens (tertiary/aromatic N) is 2. The summed E-state index contributed by atoms with van der Waals surface area (Å²) in [7, 11) is 1.74. The van der Waals surface area contributed by atoms with Crippen molar-refractivity contribution in [2.45, 2.75) is 25.9 Å². The average Bonchev–Trinajstić information content (AvgIpc) is 2.78. The molecule has 1 aliphatic heterocycles. The van der Waals surface area contributed by atoms with Crippen LogP contribution in [0.3, 0.4) is 0 Å². The zero-order chi connectivity index (χ0) is 11.7. The molecule has 2 rings (SSSR count). The van der Waals surface area contributed by atoms with Crippen LogP contribution < -0.4 is 9.80 Å². The van der Waals surface area contributed by atoms with Crippen LogP contribution in [-0.2, 0) is 4.79 Å². The molecule has 1 aromatic rings. The van der Waals surface area contributed by atoms with E-state index in [2.05, 4.69) is 6.92 Å². The van der Waals surface area contributed by atoms with Crippen LogP contribution in [0.2, 0.25) is 0 Å². The summed E-state index contributed by atoms with van der Waals surface area (Å²) in [6, 6.07) is 1.82. The second-order valence-electron chi connectivity index (χ2n) is 3.98. The van der Waals surface area contributed by atoms with Gasteiger partial charge in [0.05, 0.1) is 6.26 Å². The molecule has 1 aliphatic rings. The number of rotatable bonds is 4. The minimum atomic E-state index is -0.843. The molecule has 1 N–H and O–H groups in total. The number of carbonyl (C=O) groups is 1. The highest BCUT2D eigenvalue weighted by atomic mass is 16.4. The zero-order valence-electron chi connectivity index (χ0n) is 9.51. The first-order chi connectivity index (χ1) is 7.66. The Morgan fingerprint density at radius 1 is 1.62 bits per heavy atom. The lowest BCUT2D eigenvalue weighted by atomic mass is 10.3. The Kier molecular flexibility index (Phi) is 2.77. The van der Waals surface area contributed by atoms with Crippen molar-refractivity contribution < 1.29 is 14.3 Å². The molecule has 1 unspecified atom stereocenters. The second kappa shape index (κ2) is 4.08. The van der Waals surface area contributed by atoms with Gasteiger partial charge < -0.3 is 19.3 Å². The van der Waals surface area contributed by atoms with Crippen LogP contribution in [0.25, 0.3) is 0 Å². The average molecular weight is 224 g/mol. The van der Waals surface area contributed by atoms with Crippen molar-refractivity contribution in [3.05, 3.63) is 12.3 Å². The Morgan fingerprint density at radius 3 is 3.00 bits per heavy atom. The van der Waals surface area contributed by atoms with E-state index in [1.165, 1.54) is 0 Å². The van der Waals surface area contributed by atoms with E-state index in [4.69, 9.17) is 4.42 Å². The van der Waals surface area contributed by atoms with Gasteiger partial charge in [-0.15, -0.1) is 0 Å². The van der Waals surface area contributed by atoms with Gasteiger partial charge in [-0.1, -0.05) is 13.3 Å². The zero-order valence-corrected chi connectivity index (χ0v) is 9.51. The Balaban J connectivity index is 2.27. The Bertz CT molecular complexity index is 388. The van der Waals surface area contributed by atoms with Gasteiger partial charge in [0.25, 0.3) is 0 Å². The summed E-state index contributed by atoms with van der Waals surface area (Å²) in [6.45, 7) is 2.83. The Labute approximate surface area is 94.2 Å². The number of likely N-dealkylation sites (N-methyl/N-ethyl adjacent to an activating group) is 1. The molecule has 5 heteroatoms. The summed E-state index contributed by atoms with van der Waals surface area (Å²) in [5.41, 5.74) is 0.878. The van der Waals surface area contributed by atoms with E-state index < -0.39 is 12.1 Å². The third kappa shape index (κ3) is 1.52. The predicted octanol–water partition coefficient (Wildman–Crippen LogP) is 1.75. The van der Waals surface area contributed by atoms with Gasteiger partial charge in [-0.2, -0.15) is 0 Å². The molecule has 88 valence electrons. The van der Waals surface area contributed by atoms with E-state index in [-0.39, 0.29) is 0 Å². The molecule has 1 atom stereocenters. The number of furan rings is 1. The summed E-state index contributed by atoms with van der Waals surface area (Å²) < 4.78 is 5.30. The fourth-order valence-electron chi connectivity index (χ4n) is 2.10. The van der Waals surface area contributed by atoms with Crippen molar-refractivity contribution in [1.82, 2.24) is 0 Å². The molecular weight excluding hydrogens is 208 g/mol. The molecule has 0 fully saturated rings. The molecule has 0 saturated carbocycles. The van der Waals surface area contributed by atoms with Gasteiger partial charge >= 0.3 is 5.97 Å². The lowest BCUT2D eigenvalue weighted by Crippen LogP contribution is -2.47. The maximum absolute atomic E-state index is 11.2. The van der Waals surface area contributed by atoms with E-state index in [0.717, 1.165) is 25.1 Å². The summed E-state index contributed by atoms with van der Waals surface area (Å²) >= 11 is 0. The highest BCUT2D eigenvalue weighted by Gasteiger charge is 2.40. The number of unbranched alkanes of at least 4 members (excludes halogenated alkanes) is 1. The van der Waals surface area contributed by atoms with Crippen molar-refractivity contribution >= 4 is 17.5 Å². The maximum atomic E-state index is 11.2. The number of fused-ring (bicyclic) bond motifs is 1. The van der Waals surface area contributed by atoms with Crippen LogP contribution in [0.4, 0.5) is 11.6 Å². The van der Waals surface area contributed by atoms with Gasteiger partial charge in [0, 0.05) is 19.7 Å². The minimum Gasteiger partial charge on any atom is -0.478 e. The molecule has 0 bridgehead atoms. The number of anilines is 2. The van der Waals surface area contributed by atoms with E-state index in [9.17, 15) is 9.90 Å². The van der Waals surface area contributed by atoms with Gasteiger partial charge in [0.1, 0.15) is 5.69 Å². The van der Waals surface area contributed by atoms with Gasteiger partial charge in [-0.05, 0) is 6.42 Å². The van der Waals surface area contributed by atoms with Gasteiger partial charge in [0.2, 0.25) is 12.0 Å². The van der Waals surface area contributed by atoms with Crippen LogP contribution in [0.5, 0.6) is 0 Å². The third-order valence-corrected chi connectivity index (χ3v) is 2.89. The molecule has 0 amide bonds. The van der Waals surface area contributed by atoms with Crippen LogP contribution >= 0.6 is 0 Å². The molecule has 2 heterocycles. The van der Waals surface area contributed by atoms with Crippen molar-refractivity contribution in [1.29, 1.82) is 0 Å². The molecule has 0 saturated heterocycles. The summed E-state index contributed by atoms with van der Waals surface area (Å²) in [4.78, 5) is 14.8. The Hall–Kier alpha value is -1.65. The first kappa shape index (κ1) is 10.9. The smallest absolute Gasteiger partial charge is 0.347 e. The van der Waals surface area contributed by atoms with Crippen molar-refractivity contribution in [2.75, 3.05) is 23.4 Å². The normalized spacial score (nSPS) is 19.0. The van der Waals surface area contributed by atoms with E-state index in [1.807, 2.05) is 11.0 Å². The van der Waals surface area contributed by atoms with Crippen molar-refractivity contribution in [3.63, 3.8) is 0 Å². The third-order valence-electron chi connectivity index (χ3n) is 2.89. The number of carboxylic acids is 1. The number of carboxylic acid groups (broad SMARTS) is 1. The monoisotopic (exact) mass is 224 g/mol. The fourth-order valence-corrected chi connectivity index (χ4v) is 2.10. The second-order valence-corrected chi connectivity index (χ2v) is 3.98. The van der Waals surface area contributed by atoms with E-state index in [0.29, 0.717) is 5.88 Å². The van der Waals surface area contributed by atoms with Crippen molar-refractivity contribution in [3.8, 4) is 0 Å². The first-order valence-electron chi connectivity index (χ1n) is 5.46. The van der Waals surface area contributed by atoms with Gasteiger partial charge in [-0.25, -0.2) is 4.79 Å². The molecule has 1 aromatic heterocycles. The number of aliphatic carboxylic acids is 1. The molecule has 16 heavy (non-hydrogen) atoms. The van der Waals surface area contributed by atoms with Gasteiger partial charge in [0.15, 0.2) is 0 Å². The van der Waals surface area contributed by atoms with Crippen LogP contribution in [0, 0.1) is 0 Å². The van der Waals surface area contributed by atoms with Crippen LogP contribution in [-0.4, -0.2) is 30.8 Å². The maximum Gasteiger partial charge on any atom is 0.347 e. The van der Waals surface area contributed by atoms with E-state index >= 15 is 0 Å². The molecule has 0 aromatic carbocycles. The highest BCUT2D eigenvalue weighted by molar-refractivity contribution is 5.88. The fraction of sp³-hybridized carbons (Fsp3) is 0.545. The molecule has 0 aliphatic carbocycles. The van der Waals surface area contributed by atoms with Crippen molar-refractivity contribution in [2.24, 2.45) is 0 Å². The first-order valence-corrected chi connectivity index (χ1v) is 5.46. The predicted molar refractivity (Wildman–Crippen MR) is 60.8 cm³/mol. The molecule has 0 spiro atoms. The van der Waals surface area contributed by atoms with E-state index in [1.54, 1.807) is 18.2 Å². The number of hydrogen-bond donors (Lipinski definition) is 1. The molecule has 0 radical (unpaired) electrons. The highest BCUT2D eigenvalue weighted by Crippen LogP contribution is 2.39. The lowest BCUT2D eigenvalue weighted by Gasteiger charge is -2.26. The topological polar surface area (TPSA) is 56.9 Å². The summed E-state index contributed by atoms with van der Waals surface area (Å²) in [5.74, 6) is -0.200. The summed E-state index contributed by atoms with van der Waals surface area (Å²) in [5, 5.41) is 9.22. The largest absolute Gasteiger partial charge is 0.478 e. The van der Waals surface area contributed by atoms with Gasteiger partial charge in [-0.3, -0.25) is 0 Å². The Morgan fingerprint density at radius 2 is 2.38 bits per heavy atom. The minimum absolute atomic E-state index is 0.638. The standard InChI is InChI=1S/C11H16N2O3/c1-3-4-6-13-8-5-7-16-10(8)12(2)9(13)11(14)15/h5,7,9H,3-4,6H2,1-2H3,(H,14,15).